The van der Waals surface area contributed by atoms with E-state index in [9.17, 15) is 0 Å². The molecular weight excluding hydrogens is 238 g/mol. The summed E-state index contributed by atoms with van der Waals surface area (Å²) in [5, 5.41) is 12.5. The lowest BCUT2D eigenvalue weighted by Crippen LogP contribution is -2.06. The summed E-state index contributed by atoms with van der Waals surface area (Å²) in [4.78, 5) is 0. The summed E-state index contributed by atoms with van der Waals surface area (Å²) in [6.07, 6.45) is 3.64. The van der Waals surface area contributed by atoms with Gasteiger partial charge in [-0.1, -0.05) is 12.1 Å². The van der Waals surface area contributed by atoms with Crippen molar-refractivity contribution in [2.24, 2.45) is 7.05 Å². The second kappa shape index (κ2) is 5.31. The summed E-state index contributed by atoms with van der Waals surface area (Å²) in [6, 6.07) is 2.10. The Morgan fingerprint density at radius 3 is 2.82 bits per heavy atom. The molecule has 0 aliphatic heterocycles. The number of aromatic nitrogens is 5. The molecule has 92 valence electrons. The second-order valence-electron chi connectivity index (χ2n) is 3.95. The lowest BCUT2D eigenvalue weighted by Gasteiger charge is -2.00. The third-order valence-electron chi connectivity index (χ3n) is 2.65. The lowest BCUT2D eigenvalue weighted by atomic mass is 10.3. The summed E-state index contributed by atoms with van der Waals surface area (Å²) >= 11 is 5.66. The largest absolute Gasteiger partial charge is 0.270 e. The van der Waals surface area contributed by atoms with Crippen LogP contribution in [0.5, 0.6) is 0 Å². The quantitative estimate of drug-likeness (QED) is 0.757. The molecule has 0 atom stereocenters. The van der Waals surface area contributed by atoms with Gasteiger partial charge in [0.05, 0.1) is 23.6 Å². The molecule has 0 aliphatic rings. The standard InChI is InChI=1S/C11H16ClN5/c1-3-9-6-11(16(2)14-9)8-17-7-10(4-5-12)13-15-17/h6-7H,3-5,8H2,1-2H3. The summed E-state index contributed by atoms with van der Waals surface area (Å²) in [5.74, 6) is 0.574. The van der Waals surface area contributed by atoms with Crippen molar-refractivity contribution < 1.29 is 0 Å². The molecule has 5 nitrogen and oxygen atoms in total. The molecule has 0 saturated heterocycles. The highest BCUT2D eigenvalue weighted by Gasteiger charge is 2.06. The SMILES string of the molecule is CCc1cc(Cn2cc(CCCl)nn2)n(C)n1. The molecule has 2 rings (SSSR count). The van der Waals surface area contributed by atoms with Gasteiger partial charge in [0.15, 0.2) is 0 Å². The average molecular weight is 254 g/mol. The maximum absolute atomic E-state index is 5.66. The predicted molar refractivity (Wildman–Crippen MR) is 66.1 cm³/mol. The molecule has 0 bridgehead atoms. The van der Waals surface area contributed by atoms with Crippen LogP contribution in [0.4, 0.5) is 0 Å². The topological polar surface area (TPSA) is 48.5 Å². The molecule has 0 saturated carbocycles. The average Bonchev–Trinajstić information content (AvgIpc) is 2.88. The minimum atomic E-state index is 0.574. The normalized spacial score (nSPS) is 11.0. The van der Waals surface area contributed by atoms with Crippen LogP contribution < -0.4 is 0 Å². The first-order valence-electron chi connectivity index (χ1n) is 5.69. The van der Waals surface area contributed by atoms with Crippen LogP contribution in [0.3, 0.4) is 0 Å². The molecule has 0 unspecified atom stereocenters. The van der Waals surface area contributed by atoms with E-state index < -0.39 is 0 Å². The Labute approximate surface area is 105 Å². The first-order chi connectivity index (χ1) is 8.22. The molecule has 0 radical (unpaired) electrons. The lowest BCUT2D eigenvalue weighted by molar-refractivity contribution is 0.598. The van der Waals surface area contributed by atoms with Crippen molar-refractivity contribution in [3.8, 4) is 0 Å². The summed E-state index contributed by atoms with van der Waals surface area (Å²) in [7, 11) is 1.95. The highest BCUT2D eigenvalue weighted by atomic mass is 35.5. The molecule has 0 aliphatic carbocycles. The highest BCUT2D eigenvalue weighted by Crippen LogP contribution is 2.06. The molecule has 0 amide bonds. The summed E-state index contributed by atoms with van der Waals surface area (Å²) < 4.78 is 3.71. The van der Waals surface area contributed by atoms with E-state index in [1.807, 2.05) is 22.6 Å². The van der Waals surface area contributed by atoms with Crippen molar-refractivity contribution >= 4 is 11.6 Å². The fourth-order valence-corrected chi connectivity index (χ4v) is 1.88. The van der Waals surface area contributed by atoms with E-state index in [0.29, 0.717) is 12.4 Å². The maximum atomic E-state index is 5.66. The van der Waals surface area contributed by atoms with E-state index in [0.717, 1.165) is 29.9 Å². The van der Waals surface area contributed by atoms with Gasteiger partial charge in [0.25, 0.3) is 0 Å². The minimum absolute atomic E-state index is 0.574. The van der Waals surface area contributed by atoms with Crippen LogP contribution in [-0.2, 0) is 26.4 Å². The number of alkyl halides is 1. The summed E-state index contributed by atoms with van der Waals surface area (Å²) in [5.41, 5.74) is 3.16. The van der Waals surface area contributed by atoms with Crippen LogP contribution in [0.1, 0.15) is 24.0 Å². The van der Waals surface area contributed by atoms with Crippen LogP contribution in [-0.4, -0.2) is 30.7 Å². The molecule has 0 N–H and O–H groups in total. The van der Waals surface area contributed by atoms with E-state index >= 15 is 0 Å². The third-order valence-corrected chi connectivity index (χ3v) is 2.84. The minimum Gasteiger partial charge on any atom is -0.270 e. The van der Waals surface area contributed by atoms with E-state index in [4.69, 9.17) is 11.6 Å². The third kappa shape index (κ3) is 2.85. The Balaban J connectivity index is 2.10. The predicted octanol–water partition coefficient (Wildman–Crippen LogP) is 1.40. The van der Waals surface area contributed by atoms with Crippen molar-refractivity contribution in [1.29, 1.82) is 0 Å². The van der Waals surface area contributed by atoms with Gasteiger partial charge in [-0.15, -0.1) is 16.7 Å². The zero-order valence-corrected chi connectivity index (χ0v) is 10.9. The Kier molecular flexibility index (Phi) is 3.78. The molecule has 17 heavy (non-hydrogen) atoms. The van der Waals surface area contributed by atoms with Gasteiger partial charge in [-0.05, 0) is 12.5 Å². The number of hydrogen-bond acceptors (Lipinski definition) is 3. The second-order valence-corrected chi connectivity index (χ2v) is 4.33. The molecular formula is C11H16ClN5. The number of rotatable bonds is 5. The van der Waals surface area contributed by atoms with Gasteiger partial charge in [0.2, 0.25) is 0 Å². The van der Waals surface area contributed by atoms with Gasteiger partial charge >= 0.3 is 0 Å². The first kappa shape index (κ1) is 12.1. The van der Waals surface area contributed by atoms with Crippen molar-refractivity contribution in [2.75, 3.05) is 5.88 Å². The fraction of sp³-hybridized carbons (Fsp3) is 0.545. The van der Waals surface area contributed by atoms with E-state index in [1.165, 1.54) is 0 Å². The van der Waals surface area contributed by atoms with Crippen LogP contribution in [0, 0.1) is 0 Å². The molecule has 6 heteroatoms. The highest BCUT2D eigenvalue weighted by molar-refractivity contribution is 6.17. The monoisotopic (exact) mass is 253 g/mol. The smallest absolute Gasteiger partial charge is 0.0846 e. The van der Waals surface area contributed by atoms with Crippen molar-refractivity contribution in [3.05, 3.63) is 29.3 Å². The Morgan fingerprint density at radius 2 is 2.18 bits per heavy atom. The van der Waals surface area contributed by atoms with Crippen molar-refractivity contribution in [1.82, 2.24) is 24.8 Å². The molecule has 0 spiro atoms. The van der Waals surface area contributed by atoms with Gasteiger partial charge in [0.1, 0.15) is 0 Å². The molecule has 0 aromatic carbocycles. The molecule has 2 aromatic rings. The Morgan fingerprint density at radius 1 is 1.35 bits per heavy atom. The van der Waals surface area contributed by atoms with E-state index in [2.05, 4.69) is 28.4 Å². The number of nitrogens with zero attached hydrogens (tertiary/aromatic N) is 5. The van der Waals surface area contributed by atoms with Gasteiger partial charge in [0, 0.05) is 25.5 Å². The first-order valence-corrected chi connectivity index (χ1v) is 6.23. The van der Waals surface area contributed by atoms with Crippen molar-refractivity contribution in [3.63, 3.8) is 0 Å². The van der Waals surface area contributed by atoms with Crippen LogP contribution in [0.2, 0.25) is 0 Å². The fourth-order valence-electron chi connectivity index (χ4n) is 1.69. The molecule has 2 heterocycles. The zero-order chi connectivity index (χ0) is 12.3. The van der Waals surface area contributed by atoms with Crippen molar-refractivity contribution in [2.45, 2.75) is 26.3 Å². The van der Waals surface area contributed by atoms with Gasteiger partial charge in [-0.2, -0.15) is 5.10 Å². The van der Waals surface area contributed by atoms with Gasteiger partial charge in [-0.25, -0.2) is 4.68 Å². The number of halogens is 1. The van der Waals surface area contributed by atoms with E-state index in [1.54, 1.807) is 0 Å². The Bertz CT molecular complexity index is 488. The number of aryl methyl sites for hydroxylation is 3. The van der Waals surface area contributed by atoms with Crippen LogP contribution in [0.15, 0.2) is 12.3 Å². The Hall–Kier alpha value is -1.36. The maximum Gasteiger partial charge on any atom is 0.0846 e. The number of hydrogen-bond donors (Lipinski definition) is 0. The van der Waals surface area contributed by atoms with E-state index in [-0.39, 0.29) is 0 Å². The zero-order valence-electron chi connectivity index (χ0n) is 10.1. The molecule has 0 fully saturated rings. The summed E-state index contributed by atoms with van der Waals surface area (Å²) in [6.45, 7) is 2.79. The van der Waals surface area contributed by atoms with Crippen LogP contribution >= 0.6 is 11.6 Å². The van der Waals surface area contributed by atoms with Gasteiger partial charge < -0.3 is 0 Å². The molecule has 2 aromatic heterocycles. The van der Waals surface area contributed by atoms with Crippen LogP contribution in [0.25, 0.3) is 0 Å². The van der Waals surface area contributed by atoms with Gasteiger partial charge in [-0.3, -0.25) is 4.68 Å².